The van der Waals surface area contributed by atoms with E-state index in [1.807, 2.05) is 12.4 Å². The Balaban J connectivity index is 2.07. The van der Waals surface area contributed by atoms with Gasteiger partial charge in [-0.2, -0.15) is 0 Å². The monoisotopic (exact) mass is 279 g/mol. The first-order chi connectivity index (χ1) is 9.63. The zero-order valence-electron chi connectivity index (χ0n) is 13.3. The molecule has 1 aliphatic rings. The van der Waals surface area contributed by atoms with Crippen LogP contribution in [0, 0.1) is 11.8 Å². The van der Waals surface area contributed by atoms with Crippen molar-refractivity contribution < 1.29 is 4.74 Å². The van der Waals surface area contributed by atoms with E-state index in [0.29, 0.717) is 18.7 Å². The number of rotatable bonds is 6. The average molecular weight is 279 g/mol. The van der Waals surface area contributed by atoms with Gasteiger partial charge >= 0.3 is 0 Å². The van der Waals surface area contributed by atoms with Crippen LogP contribution in [0.15, 0.2) is 12.4 Å². The summed E-state index contributed by atoms with van der Waals surface area (Å²) >= 11 is 0. The molecule has 1 N–H and O–H groups in total. The SMILES string of the molecule is COCC(C)n1ccnc1NC1CCCCC1C(C)C. The molecule has 0 spiro atoms. The van der Waals surface area contributed by atoms with Crippen molar-refractivity contribution in [1.82, 2.24) is 9.55 Å². The van der Waals surface area contributed by atoms with Crippen molar-refractivity contribution in [3.63, 3.8) is 0 Å². The highest BCUT2D eigenvalue weighted by Crippen LogP contribution is 2.32. The molecule has 3 unspecified atom stereocenters. The van der Waals surface area contributed by atoms with E-state index in [2.05, 4.69) is 35.6 Å². The molecule has 1 fully saturated rings. The smallest absolute Gasteiger partial charge is 0.203 e. The second-order valence-electron chi connectivity index (χ2n) is 6.41. The van der Waals surface area contributed by atoms with E-state index < -0.39 is 0 Å². The summed E-state index contributed by atoms with van der Waals surface area (Å²) in [5.41, 5.74) is 0. The number of ether oxygens (including phenoxy) is 1. The minimum absolute atomic E-state index is 0.311. The van der Waals surface area contributed by atoms with Crippen molar-refractivity contribution in [2.75, 3.05) is 19.0 Å². The summed E-state index contributed by atoms with van der Waals surface area (Å²) in [6.07, 6.45) is 9.21. The maximum Gasteiger partial charge on any atom is 0.203 e. The number of hydrogen-bond donors (Lipinski definition) is 1. The minimum Gasteiger partial charge on any atom is -0.383 e. The number of nitrogens with zero attached hydrogens (tertiary/aromatic N) is 2. The fraction of sp³-hybridized carbons (Fsp3) is 0.812. The number of hydrogen-bond acceptors (Lipinski definition) is 3. The van der Waals surface area contributed by atoms with E-state index in [4.69, 9.17) is 4.74 Å². The Bertz CT molecular complexity index is 402. The molecule has 0 radical (unpaired) electrons. The van der Waals surface area contributed by atoms with E-state index in [9.17, 15) is 0 Å². The van der Waals surface area contributed by atoms with E-state index in [0.717, 1.165) is 17.8 Å². The van der Waals surface area contributed by atoms with Gasteiger partial charge in [-0.15, -0.1) is 0 Å². The molecule has 1 heterocycles. The zero-order valence-corrected chi connectivity index (χ0v) is 13.3. The van der Waals surface area contributed by atoms with Gasteiger partial charge < -0.3 is 14.6 Å². The lowest BCUT2D eigenvalue weighted by Gasteiger charge is -2.35. The molecule has 1 aromatic rings. The fourth-order valence-corrected chi connectivity index (χ4v) is 3.40. The Morgan fingerprint density at radius 2 is 2.10 bits per heavy atom. The maximum absolute atomic E-state index is 5.26. The summed E-state index contributed by atoms with van der Waals surface area (Å²) in [6, 6.07) is 0.866. The third-order valence-corrected chi connectivity index (χ3v) is 4.54. The number of aromatic nitrogens is 2. The topological polar surface area (TPSA) is 39.1 Å². The van der Waals surface area contributed by atoms with Gasteiger partial charge in [0.05, 0.1) is 12.6 Å². The van der Waals surface area contributed by atoms with E-state index >= 15 is 0 Å². The van der Waals surface area contributed by atoms with Crippen molar-refractivity contribution in [1.29, 1.82) is 0 Å². The molecule has 0 amide bonds. The molecule has 0 bridgehead atoms. The Hall–Kier alpha value is -1.03. The van der Waals surface area contributed by atoms with Crippen LogP contribution in [-0.2, 0) is 4.74 Å². The van der Waals surface area contributed by atoms with Crippen LogP contribution in [0.2, 0.25) is 0 Å². The standard InChI is InChI=1S/C16H29N3O/c1-12(2)14-7-5-6-8-15(14)18-16-17-9-10-19(16)13(3)11-20-4/h9-10,12-15H,5-8,11H2,1-4H3,(H,17,18). The Morgan fingerprint density at radius 3 is 2.80 bits per heavy atom. The lowest BCUT2D eigenvalue weighted by Crippen LogP contribution is -2.36. The molecule has 4 heteroatoms. The fourth-order valence-electron chi connectivity index (χ4n) is 3.40. The van der Waals surface area contributed by atoms with Crippen LogP contribution in [0.3, 0.4) is 0 Å². The number of nitrogens with one attached hydrogen (secondary N) is 1. The van der Waals surface area contributed by atoms with Gasteiger partial charge in [-0.25, -0.2) is 4.98 Å². The first kappa shape index (κ1) is 15.4. The van der Waals surface area contributed by atoms with Gasteiger partial charge in [0.15, 0.2) is 0 Å². The second kappa shape index (κ2) is 7.11. The Morgan fingerprint density at radius 1 is 1.35 bits per heavy atom. The zero-order chi connectivity index (χ0) is 14.5. The molecule has 0 aromatic carbocycles. The van der Waals surface area contributed by atoms with Crippen molar-refractivity contribution >= 4 is 5.95 Å². The Kier molecular flexibility index (Phi) is 5.46. The van der Waals surface area contributed by atoms with Crippen LogP contribution >= 0.6 is 0 Å². The predicted molar refractivity (Wildman–Crippen MR) is 83.0 cm³/mol. The third kappa shape index (κ3) is 3.54. The van der Waals surface area contributed by atoms with E-state index in [1.54, 1.807) is 7.11 Å². The van der Waals surface area contributed by atoms with Crippen molar-refractivity contribution in [2.45, 2.75) is 58.5 Å². The molecule has 20 heavy (non-hydrogen) atoms. The second-order valence-corrected chi connectivity index (χ2v) is 6.41. The van der Waals surface area contributed by atoms with Gasteiger partial charge in [0.25, 0.3) is 0 Å². The van der Waals surface area contributed by atoms with Crippen LogP contribution in [0.1, 0.15) is 52.5 Å². The molecule has 0 saturated heterocycles. The van der Waals surface area contributed by atoms with Crippen molar-refractivity contribution in [3.05, 3.63) is 12.4 Å². The quantitative estimate of drug-likeness (QED) is 0.862. The van der Waals surface area contributed by atoms with Crippen LogP contribution in [0.5, 0.6) is 0 Å². The number of imidazole rings is 1. The first-order valence-electron chi connectivity index (χ1n) is 7.91. The van der Waals surface area contributed by atoms with Gasteiger partial charge in [-0.05, 0) is 31.6 Å². The third-order valence-electron chi connectivity index (χ3n) is 4.54. The van der Waals surface area contributed by atoms with Crippen molar-refractivity contribution in [2.24, 2.45) is 11.8 Å². The summed E-state index contributed by atoms with van der Waals surface area (Å²) in [6.45, 7) is 7.55. The predicted octanol–water partition coefficient (Wildman–Crippen LogP) is 3.72. The lowest BCUT2D eigenvalue weighted by molar-refractivity contribution is 0.162. The van der Waals surface area contributed by atoms with E-state index in [-0.39, 0.29) is 0 Å². The number of anilines is 1. The first-order valence-corrected chi connectivity index (χ1v) is 7.91. The number of methoxy groups -OCH3 is 1. The molecular weight excluding hydrogens is 250 g/mol. The molecule has 0 aliphatic heterocycles. The average Bonchev–Trinajstić information content (AvgIpc) is 2.87. The van der Waals surface area contributed by atoms with Crippen LogP contribution in [-0.4, -0.2) is 29.3 Å². The maximum atomic E-state index is 5.26. The van der Waals surface area contributed by atoms with E-state index in [1.165, 1.54) is 25.7 Å². The summed E-state index contributed by atoms with van der Waals surface area (Å²) in [5, 5.41) is 3.70. The lowest BCUT2D eigenvalue weighted by atomic mass is 9.78. The highest BCUT2D eigenvalue weighted by atomic mass is 16.5. The van der Waals surface area contributed by atoms with Gasteiger partial charge in [0, 0.05) is 25.5 Å². The van der Waals surface area contributed by atoms with Gasteiger partial charge in [0.1, 0.15) is 0 Å². The van der Waals surface area contributed by atoms with Crippen LogP contribution in [0.4, 0.5) is 5.95 Å². The molecule has 4 nitrogen and oxygen atoms in total. The Labute approximate surface area is 122 Å². The minimum atomic E-state index is 0.311. The summed E-state index contributed by atoms with van der Waals surface area (Å²) in [7, 11) is 1.75. The van der Waals surface area contributed by atoms with Gasteiger partial charge in [-0.3, -0.25) is 0 Å². The highest BCUT2D eigenvalue weighted by Gasteiger charge is 2.28. The highest BCUT2D eigenvalue weighted by molar-refractivity contribution is 5.29. The molecule has 114 valence electrons. The molecule has 3 atom stereocenters. The molecule has 1 aliphatic carbocycles. The molecule has 1 saturated carbocycles. The molecular formula is C16H29N3O. The molecule has 2 rings (SSSR count). The molecule has 1 aromatic heterocycles. The summed E-state index contributed by atoms with van der Waals surface area (Å²) in [4.78, 5) is 4.50. The van der Waals surface area contributed by atoms with Gasteiger partial charge in [0.2, 0.25) is 5.95 Å². The summed E-state index contributed by atoms with van der Waals surface area (Å²) in [5.74, 6) is 2.48. The van der Waals surface area contributed by atoms with Crippen LogP contribution in [0.25, 0.3) is 0 Å². The van der Waals surface area contributed by atoms with Crippen molar-refractivity contribution in [3.8, 4) is 0 Å². The van der Waals surface area contributed by atoms with Crippen LogP contribution < -0.4 is 5.32 Å². The normalized spacial score (nSPS) is 24.9. The van der Waals surface area contributed by atoms with Gasteiger partial charge in [-0.1, -0.05) is 26.7 Å². The largest absolute Gasteiger partial charge is 0.383 e. The summed E-state index contributed by atoms with van der Waals surface area (Å²) < 4.78 is 7.45.